The predicted octanol–water partition coefficient (Wildman–Crippen LogP) is -0.448. The van der Waals surface area contributed by atoms with Crippen molar-refractivity contribution < 1.29 is 4.79 Å². The van der Waals surface area contributed by atoms with Crippen LogP contribution in [-0.4, -0.2) is 12.5 Å². The van der Waals surface area contributed by atoms with E-state index in [0.717, 1.165) is 0 Å². The fourth-order valence-electron chi connectivity index (χ4n) is 0.494. The molecule has 0 saturated heterocycles. The third-order valence-electron chi connectivity index (χ3n) is 0.944. The van der Waals surface area contributed by atoms with Crippen molar-refractivity contribution in [2.75, 3.05) is 6.54 Å². The summed E-state index contributed by atoms with van der Waals surface area (Å²) in [5.41, 5.74) is 5.67. The van der Waals surface area contributed by atoms with Gasteiger partial charge in [-0.3, -0.25) is 9.88 Å². The summed E-state index contributed by atoms with van der Waals surface area (Å²) in [6.07, 6.45) is 0. The lowest BCUT2D eigenvalue weighted by atomic mass is 10.3. The molecular weight excluding hydrogens is 123 g/mol. The molecule has 1 rings (SSSR count). The Morgan fingerprint density at radius 2 is 2.75 bits per heavy atom. The van der Waals surface area contributed by atoms with Gasteiger partial charge in [0.15, 0.2) is 0 Å². The molecule has 1 unspecified atom stereocenters. The van der Waals surface area contributed by atoms with Crippen LogP contribution in [0.5, 0.6) is 0 Å². The van der Waals surface area contributed by atoms with Gasteiger partial charge in [-0.05, 0) is 14.5 Å². The molecule has 0 bridgehead atoms. The summed E-state index contributed by atoms with van der Waals surface area (Å²) in [5.74, 6) is 1.53. The molecule has 0 saturated carbocycles. The van der Waals surface area contributed by atoms with Crippen LogP contribution in [0, 0.1) is 0 Å². The van der Waals surface area contributed by atoms with Crippen molar-refractivity contribution in [2.45, 2.75) is 0 Å². The molecule has 1 atom stereocenters. The minimum absolute atomic E-state index is 0.303. The number of carbonyl (C=O) groups excluding carboxylic acids is 1. The molecule has 0 aliphatic carbocycles. The maximum Gasteiger partial charge on any atom is 0.246 e. The average molecular weight is 130 g/mol. The molecule has 0 aromatic carbocycles. The van der Waals surface area contributed by atoms with E-state index < -0.39 is 0 Å². The summed E-state index contributed by atoms with van der Waals surface area (Å²) in [6, 6.07) is 0. The molecule has 0 spiro atoms. The molecule has 3 N–H and O–H groups in total. The Balaban J connectivity index is 2.57. The quantitative estimate of drug-likeness (QED) is 0.472. The number of rotatable bonds is 1. The van der Waals surface area contributed by atoms with E-state index in [-0.39, 0.29) is 5.91 Å². The molecule has 0 aromatic heterocycles. The molecule has 3 nitrogen and oxygen atoms in total. The van der Waals surface area contributed by atoms with Gasteiger partial charge in [0.1, 0.15) is 0 Å². The van der Waals surface area contributed by atoms with E-state index in [4.69, 9.17) is 5.73 Å². The summed E-state index contributed by atoms with van der Waals surface area (Å²) >= 11 is 0. The van der Waals surface area contributed by atoms with E-state index in [1.54, 1.807) is 0 Å². The first kappa shape index (κ1) is 5.73. The third kappa shape index (κ3) is 1.05. The molecule has 8 heavy (non-hydrogen) atoms. The number of amides is 1. The van der Waals surface area contributed by atoms with E-state index in [9.17, 15) is 4.79 Å². The normalized spacial score (nSPS) is 21.2. The molecule has 1 amide bonds. The van der Waals surface area contributed by atoms with Crippen molar-refractivity contribution in [1.29, 1.82) is 0 Å². The molecule has 0 radical (unpaired) electrons. The lowest BCUT2D eigenvalue weighted by Crippen LogP contribution is -2.17. The second-order valence-corrected chi connectivity index (χ2v) is 2.46. The monoisotopic (exact) mass is 130 g/mol. The lowest BCUT2D eigenvalue weighted by molar-refractivity contribution is -0.114. The topological polar surface area (TPSA) is 55.1 Å². The molecule has 4 heteroatoms. The van der Waals surface area contributed by atoms with Gasteiger partial charge in [0.05, 0.1) is 0 Å². The lowest BCUT2D eigenvalue weighted by Gasteiger charge is -1.89. The van der Waals surface area contributed by atoms with E-state index in [0.29, 0.717) is 20.8 Å². The van der Waals surface area contributed by atoms with Gasteiger partial charge in [-0.1, -0.05) is 0 Å². The highest BCUT2D eigenvalue weighted by atomic mass is 31.1. The third-order valence-corrected chi connectivity index (χ3v) is 1.82. The van der Waals surface area contributed by atoms with Gasteiger partial charge in [0.2, 0.25) is 5.91 Å². The fourth-order valence-corrected chi connectivity index (χ4v) is 1.31. The van der Waals surface area contributed by atoms with E-state index >= 15 is 0 Å². The second kappa shape index (κ2) is 2.25. The number of nitrogens with two attached hydrogens (primary N) is 1. The molecule has 1 aliphatic heterocycles. The van der Waals surface area contributed by atoms with E-state index in [2.05, 4.69) is 5.09 Å². The maximum atomic E-state index is 10.3. The molecule has 44 valence electrons. The smallest absolute Gasteiger partial charge is 0.246 e. The first-order valence-electron chi connectivity index (χ1n) is 2.28. The highest BCUT2D eigenvalue weighted by molar-refractivity contribution is 7.39. The van der Waals surface area contributed by atoms with E-state index in [1.807, 2.05) is 5.82 Å². The summed E-state index contributed by atoms with van der Waals surface area (Å²) in [7, 11) is 0.569. The molecule has 1 aliphatic rings. The SMILES string of the molecule is NC(=O)C1=CPNC1. The minimum atomic E-state index is -0.303. The van der Waals surface area contributed by atoms with Crippen LogP contribution in [-0.2, 0) is 4.79 Å². The Morgan fingerprint density at radius 1 is 2.00 bits per heavy atom. The average Bonchev–Trinajstić information content (AvgIpc) is 2.12. The molecule has 0 fully saturated rings. The Labute approximate surface area is 49.2 Å². The molecule has 0 aromatic rings. The van der Waals surface area contributed by atoms with Gasteiger partial charge in [-0.25, -0.2) is 0 Å². The van der Waals surface area contributed by atoms with Gasteiger partial charge in [0.25, 0.3) is 0 Å². The van der Waals surface area contributed by atoms with Crippen LogP contribution in [0.3, 0.4) is 0 Å². The van der Waals surface area contributed by atoms with Crippen LogP contribution in [0.2, 0.25) is 0 Å². The second-order valence-electron chi connectivity index (χ2n) is 1.53. The van der Waals surface area contributed by atoms with Gasteiger partial charge in [-0.15, -0.1) is 0 Å². The van der Waals surface area contributed by atoms with Crippen LogP contribution < -0.4 is 10.8 Å². The minimum Gasteiger partial charge on any atom is -0.366 e. The van der Waals surface area contributed by atoms with Gasteiger partial charge in [-0.2, -0.15) is 0 Å². The Morgan fingerprint density at radius 3 is 3.00 bits per heavy atom. The van der Waals surface area contributed by atoms with Crippen molar-refractivity contribution in [3.8, 4) is 0 Å². The summed E-state index contributed by atoms with van der Waals surface area (Å²) in [5, 5.41) is 2.99. The Hall–Kier alpha value is -0.400. The molecular formula is C4H7N2OP. The summed E-state index contributed by atoms with van der Waals surface area (Å²) in [4.78, 5) is 10.3. The number of hydrogen-bond acceptors (Lipinski definition) is 2. The van der Waals surface area contributed by atoms with Crippen LogP contribution in [0.25, 0.3) is 0 Å². The summed E-state index contributed by atoms with van der Waals surface area (Å²) < 4.78 is 0. The van der Waals surface area contributed by atoms with Crippen LogP contribution >= 0.6 is 8.73 Å². The van der Waals surface area contributed by atoms with E-state index in [1.165, 1.54) is 0 Å². The zero-order valence-electron chi connectivity index (χ0n) is 4.27. The Kier molecular flexibility index (Phi) is 1.61. The summed E-state index contributed by atoms with van der Waals surface area (Å²) in [6.45, 7) is 0.647. The zero-order valence-corrected chi connectivity index (χ0v) is 5.27. The van der Waals surface area contributed by atoms with Crippen molar-refractivity contribution in [2.24, 2.45) is 5.73 Å². The molecule has 1 heterocycles. The van der Waals surface area contributed by atoms with Crippen molar-refractivity contribution in [3.63, 3.8) is 0 Å². The highest BCUT2D eigenvalue weighted by Gasteiger charge is 2.07. The van der Waals surface area contributed by atoms with Crippen molar-refractivity contribution in [3.05, 3.63) is 11.4 Å². The number of hydrogen-bond donors (Lipinski definition) is 2. The van der Waals surface area contributed by atoms with Crippen LogP contribution in [0.15, 0.2) is 11.4 Å². The highest BCUT2D eigenvalue weighted by Crippen LogP contribution is 2.16. The van der Waals surface area contributed by atoms with Crippen molar-refractivity contribution in [1.82, 2.24) is 5.09 Å². The fraction of sp³-hybridized carbons (Fsp3) is 0.250. The first-order valence-corrected chi connectivity index (χ1v) is 3.35. The maximum absolute atomic E-state index is 10.3. The first-order chi connectivity index (χ1) is 3.80. The number of primary amides is 1. The predicted molar refractivity (Wildman–Crippen MR) is 33.6 cm³/mol. The van der Waals surface area contributed by atoms with Crippen LogP contribution in [0.1, 0.15) is 0 Å². The van der Waals surface area contributed by atoms with Crippen LogP contribution in [0.4, 0.5) is 0 Å². The largest absolute Gasteiger partial charge is 0.366 e. The van der Waals surface area contributed by atoms with Gasteiger partial charge >= 0.3 is 0 Å². The van der Waals surface area contributed by atoms with Crippen molar-refractivity contribution >= 4 is 14.6 Å². The van der Waals surface area contributed by atoms with Gasteiger partial charge in [0, 0.05) is 12.1 Å². The number of nitrogens with one attached hydrogen (secondary N) is 1. The van der Waals surface area contributed by atoms with Gasteiger partial charge < -0.3 is 5.73 Å². The Bertz CT molecular complexity index is 143. The zero-order chi connectivity index (χ0) is 5.98. The standard InChI is InChI=1S/C4H7N2OP/c5-4(7)3-1-6-8-2-3/h2,6,8H,1H2,(H2,5,7). The number of carbonyl (C=O) groups is 1.